The Kier molecular flexibility index (Phi) is 5.33. The van der Waals surface area contributed by atoms with Gasteiger partial charge in [-0.2, -0.15) is 0 Å². The first-order valence-corrected chi connectivity index (χ1v) is 8.75. The third-order valence-electron chi connectivity index (χ3n) is 3.88. The maximum atomic E-state index is 13.1. The molecule has 0 aliphatic carbocycles. The number of rotatable bonds is 3. The van der Waals surface area contributed by atoms with Crippen LogP contribution in [0.15, 0.2) is 72.7 Å². The van der Waals surface area contributed by atoms with E-state index < -0.39 is 11.7 Å². The van der Waals surface area contributed by atoms with Gasteiger partial charge in [-0.25, -0.2) is 9.69 Å². The topological polar surface area (TPSA) is 59.0 Å². The van der Waals surface area contributed by atoms with Crippen LogP contribution in [-0.4, -0.2) is 28.3 Å². The molecule has 0 saturated carbocycles. The summed E-state index contributed by atoms with van der Waals surface area (Å²) in [5.74, 6) is 0.284. The molecular formula is C22H23NO4. The molecule has 5 heteroatoms. The van der Waals surface area contributed by atoms with Crippen molar-refractivity contribution in [2.24, 2.45) is 0 Å². The van der Waals surface area contributed by atoms with Crippen molar-refractivity contribution in [1.29, 1.82) is 0 Å². The summed E-state index contributed by atoms with van der Waals surface area (Å²) in [7, 11) is 0. The predicted molar refractivity (Wildman–Crippen MR) is 104 cm³/mol. The minimum atomic E-state index is -0.668. The molecule has 1 N–H and O–H groups in total. The molecule has 3 rings (SSSR count). The molecule has 0 saturated heterocycles. The predicted octanol–water partition coefficient (Wildman–Crippen LogP) is 4.61. The van der Waals surface area contributed by atoms with E-state index in [9.17, 15) is 9.90 Å². The van der Waals surface area contributed by atoms with Gasteiger partial charge in [-0.05, 0) is 20.8 Å². The Balaban J connectivity index is 2.14. The Morgan fingerprint density at radius 3 is 2.07 bits per heavy atom. The standard InChI is InChI=1S/C22H23NO4/c1-22(2,3)27-21(25)23-18(16-10-6-4-7-11-16)15-26-19(14-24)20(23)17-12-8-5-9-13-17/h4-13,15,24H,14H2,1-3H3. The lowest BCUT2D eigenvalue weighted by atomic mass is 10.1. The Labute approximate surface area is 159 Å². The van der Waals surface area contributed by atoms with Gasteiger partial charge in [-0.3, -0.25) is 0 Å². The number of carbonyl (C=O) groups is 1. The van der Waals surface area contributed by atoms with Crippen molar-refractivity contribution in [1.82, 2.24) is 4.90 Å². The maximum absolute atomic E-state index is 13.1. The van der Waals surface area contributed by atoms with Gasteiger partial charge in [0, 0.05) is 11.1 Å². The van der Waals surface area contributed by atoms with Crippen LogP contribution >= 0.6 is 0 Å². The first kappa shape index (κ1) is 18.7. The van der Waals surface area contributed by atoms with E-state index in [2.05, 4.69) is 0 Å². The van der Waals surface area contributed by atoms with Crippen molar-refractivity contribution >= 4 is 17.5 Å². The molecule has 0 fully saturated rings. The lowest BCUT2D eigenvalue weighted by Crippen LogP contribution is -2.37. The van der Waals surface area contributed by atoms with E-state index in [0.29, 0.717) is 11.4 Å². The zero-order valence-corrected chi connectivity index (χ0v) is 15.7. The zero-order chi connectivity index (χ0) is 19.4. The number of hydrogen-bond donors (Lipinski definition) is 1. The highest BCUT2D eigenvalue weighted by Gasteiger charge is 2.34. The second kappa shape index (κ2) is 7.68. The summed E-state index contributed by atoms with van der Waals surface area (Å²) in [6.07, 6.45) is 0.933. The lowest BCUT2D eigenvalue weighted by molar-refractivity contribution is 0.0412. The smallest absolute Gasteiger partial charge is 0.419 e. The van der Waals surface area contributed by atoms with Crippen LogP contribution in [0.3, 0.4) is 0 Å². The molecule has 27 heavy (non-hydrogen) atoms. The summed E-state index contributed by atoms with van der Waals surface area (Å²) in [6, 6.07) is 18.8. The molecule has 140 valence electrons. The van der Waals surface area contributed by atoms with Crippen LogP contribution in [0.25, 0.3) is 11.4 Å². The second-order valence-electron chi connectivity index (χ2n) is 7.10. The van der Waals surface area contributed by atoms with Crippen LogP contribution in [0.4, 0.5) is 4.79 Å². The number of amides is 1. The van der Waals surface area contributed by atoms with Gasteiger partial charge in [0.25, 0.3) is 0 Å². The van der Waals surface area contributed by atoms with Gasteiger partial charge in [-0.15, -0.1) is 0 Å². The van der Waals surface area contributed by atoms with Crippen molar-refractivity contribution in [3.05, 3.63) is 83.8 Å². The summed E-state index contributed by atoms with van der Waals surface area (Å²) in [5, 5.41) is 9.82. The largest absolute Gasteiger partial charge is 0.462 e. The van der Waals surface area contributed by atoms with Gasteiger partial charge in [0.2, 0.25) is 0 Å². The molecule has 1 amide bonds. The fourth-order valence-corrected chi connectivity index (χ4v) is 2.78. The average Bonchev–Trinajstić information content (AvgIpc) is 2.66. The number of aliphatic hydroxyl groups is 1. The van der Waals surface area contributed by atoms with E-state index in [-0.39, 0.29) is 12.4 Å². The van der Waals surface area contributed by atoms with Crippen molar-refractivity contribution in [3.8, 4) is 0 Å². The first-order valence-electron chi connectivity index (χ1n) is 8.75. The van der Waals surface area contributed by atoms with Crippen molar-refractivity contribution in [2.45, 2.75) is 26.4 Å². The number of ether oxygens (including phenoxy) is 2. The highest BCUT2D eigenvalue weighted by atomic mass is 16.6. The van der Waals surface area contributed by atoms with Gasteiger partial charge in [-0.1, -0.05) is 60.7 Å². The Hall–Kier alpha value is -3.05. The number of hydrogen-bond acceptors (Lipinski definition) is 4. The molecule has 0 spiro atoms. The van der Waals surface area contributed by atoms with Crippen LogP contribution < -0.4 is 0 Å². The molecular weight excluding hydrogens is 342 g/mol. The maximum Gasteiger partial charge on any atom is 0.419 e. The molecule has 1 heterocycles. The third kappa shape index (κ3) is 4.20. The summed E-state index contributed by atoms with van der Waals surface area (Å²) in [6.45, 7) is 5.10. The average molecular weight is 365 g/mol. The molecule has 0 unspecified atom stereocenters. The zero-order valence-electron chi connectivity index (χ0n) is 15.7. The van der Waals surface area contributed by atoms with Gasteiger partial charge in [0.15, 0.2) is 5.76 Å². The van der Waals surface area contributed by atoms with E-state index in [1.807, 2.05) is 81.4 Å². The normalized spacial score (nSPS) is 14.5. The number of carbonyl (C=O) groups excluding carboxylic acids is 1. The highest BCUT2D eigenvalue weighted by Crippen LogP contribution is 2.37. The summed E-state index contributed by atoms with van der Waals surface area (Å²) in [4.78, 5) is 14.6. The Morgan fingerprint density at radius 2 is 1.56 bits per heavy atom. The fourth-order valence-electron chi connectivity index (χ4n) is 2.78. The number of aliphatic hydroxyl groups excluding tert-OH is 1. The molecule has 0 radical (unpaired) electrons. The monoisotopic (exact) mass is 365 g/mol. The third-order valence-corrected chi connectivity index (χ3v) is 3.88. The van der Waals surface area contributed by atoms with E-state index in [4.69, 9.17) is 9.47 Å². The van der Waals surface area contributed by atoms with E-state index in [1.54, 1.807) is 0 Å². The van der Waals surface area contributed by atoms with Crippen LogP contribution in [-0.2, 0) is 9.47 Å². The first-order chi connectivity index (χ1) is 12.9. The second-order valence-corrected chi connectivity index (χ2v) is 7.10. The van der Waals surface area contributed by atoms with Crippen molar-refractivity contribution in [3.63, 3.8) is 0 Å². The molecule has 1 aliphatic heterocycles. The lowest BCUT2D eigenvalue weighted by Gasteiger charge is -2.34. The van der Waals surface area contributed by atoms with Crippen molar-refractivity contribution in [2.75, 3.05) is 6.61 Å². The van der Waals surface area contributed by atoms with E-state index in [1.165, 1.54) is 11.2 Å². The van der Waals surface area contributed by atoms with E-state index >= 15 is 0 Å². The van der Waals surface area contributed by atoms with Crippen molar-refractivity contribution < 1.29 is 19.4 Å². The van der Waals surface area contributed by atoms with Crippen LogP contribution in [0.1, 0.15) is 31.9 Å². The summed E-state index contributed by atoms with van der Waals surface area (Å²) < 4.78 is 11.3. The minimum absolute atomic E-state index is 0.284. The number of nitrogens with zero attached hydrogens (tertiary/aromatic N) is 1. The fraction of sp³-hybridized carbons (Fsp3) is 0.227. The van der Waals surface area contributed by atoms with Crippen LogP contribution in [0.5, 0.6) is 0 Å². The highest BCUT2D eigenvalue weighted by molar-refractivity contribution is 5.94. The molecule has 2 aromatic carbocycles. The SMILES string of the molecule is CC(C)(C)OC(=O)N1C(c2ccccc2)=COC(CO)=C1c1ccccc1. The molecule has 2 aromatic rings. The van der Waals surface area contributed by atoms with Crippen LogP contribution in [0.2, 0.25) is 0 Å². The molecule has 5 nitrogen and oxygen atoms in total. The summed E-state index contributed by atoms with van der Waals surface area (Å²) in [5.41, 5.74) is 1.88. The Morgan fingerprint density at radius 1 is 1.00 bits per heavy atom. The van der Waals surface area contributed by atoms with Gasteiger partial charge in [0.05, 0.1) is 5.70 Å². The molecule has 1 aliphatic rings. The molecule has 0 bridgehead atoms. The van der Waals surface area contributed by atoms with Gasteiger partial charge >= 0.3 is 6.09 Å². The molecule has 0 atom stereocenters. The quantitative estimate of drug-likeness (QED) is 0.863. The Bertz CT molecular complexity index is 864. The van der Waals surface area contributed by atoms with Gasteiger partial charge < -0.3 is 14.6 Å². The molecule has 0 aromatic heterocycles. The van der Waals surface area contributed by atoms with Gasteiger partial charge in [0.1, 0.15) is 24.2 Å². The van der Waals surface area contributed by atoms with Crippen LogP contribution in [0, 0.1) is 0 Å². The minimum Gasteiger partial charge on any atom is -0.462 e. The number of benzene rings is 2. The summed E-state index contributed by atoms with van der Waals surface area (Å²) >= 11 is 0. The van der Waals surface area contributed by atoms with E-state index in [0.717, 1.165) is 11.1 Å².